The largest absolute Gasteiger partial charge is 0.398 e. The molecule has 1 aliphatic rings. The van der Waals surface area contributed by atoms with Crippen molar-refractivity contribution in [3.05, 3.63) is 29.3 Å². The van der Waals surface area contributed by atoms with Gasteiger partial charge in [0, 0.05) is 11.6 Å². The molecule has 2 nitrogen and oxygen atoms in total. The Balaban J connectivity index is 2.36. The van der Waals surface area contributed by atoms with E-state index in [0.717, 1.165) is 12.1 Å². The number of rotatable bonds is 2. The highest BCUT2D eigenvalue weighted by atomic mass is 14.8. The summed E-state index contributed by atoms with van der Waals surface area (Å²) in [5.41, 5.74) is 9.77. The molecule has 1 aromatic carbocycles. The molecule has 0 saturated carbocycles. The van der Waals surface area contributed by atoms with Crippen LogP contribution < -0.4 is 5.73 Å². The number of benzene rings is 1. The summed E-state index contributed by atoms with van der Waals surface area (Å²) in [4.78, 5) is 4.51. The topological polar surface area (TPSA) is 38.4 Å². The van der Waals surface area contributed by atoms with Crippen LogP contribution in [-0.2, 0) is 6.42 Å². The first-order valence-electron chi connectivity index (χ1n) is 6.09. The molecule has 2 atom stereocenters. The molecule has 2 heteroatoms. The van der Waals surface area contributed by atoms with Crippen molar-refractivity contribution < 1.29 is 0 Å². The number of hydrogen-bond acceptors (Lipinski definition) is 2. The molecule has 0 heterocycles. The van der Waals surface area contributed by atoms with Gasteiger partial charge in [-0.15, -0.1) is 0 Å². The molecule has 1 aliphatic carbocycles. The molecule has 0 spiro atoms. The maximum Gasteiger partial charge on any atom is 0.0536 e. The third-order valence-corrected chi connectivity index (χ3v) is 3.56. The normalized spacial score (nSPS) is 22.0. The van der Waals surface area contributed by atoms with Gasteiger partial charge in [0.15, 0.2) is 0 Å². The van der Waals surface area contributed by atoms with Crippen LogP contribution in [0, 0.1) is 0 Å². The van der Waals surface area contributed by atoms with E-state index in [2.05, 4.69) is 24.0 Å². The van der Waals surface area contributed by atoms with Gasteiger partial charge in [-0.05, 0) is 56.5 Å². The van der Waals surface area contributed by atoms with E-state index in [-0.39, 0.29) is 0 Å². The first-order valence-corrected chi connectivity index (χ1v) is 6.09. The monoisotopic (exact) mass is 216 g/mol. The van der Waals surface area contributed by atoms with E-state index in [1.807, 2.05) is 19.2 Å². The fraction of sp³-hybridized carbons (Fsp3) is 0.500. The van der Waals surface area contributed by atoms with E-state index in [1.54, 1.807) is 0 Å². The van der Waals surface area contributed by atoms with Crippen molar-refractivity contribution in [3.63, 3.8) is 0 Å². The molecule has 16 heavy (non-hydrogen) atoms. The lowest BCUT2D eigenvalue weighted by Gasteiger charge is -2.29. The van der Waals surface area contributed by atoms with Gasteiger partial charge < -0.3 is 5.73 Å². The maximum absolute atomic E-state index is 6.04. The van der Waals surface area contributed by atoms with Crippen LogP contribution in [0.15, 0.2) is 23.2 Å². The van der Waals surface area contributed by atoms with Crippen molar-refractivity contribution in [2.24, 2.45) is 4.99 Å². The Hall–Kier alpha value is -1.31. The number of nitrogens with two attached hydrogens (primary N) is 1. The van der Waals surface area contributed by atoms with E-state index in [4.69, 9.17) is 5.73 Å². The van der Waals surface area contributed by atoms with Gasteiger partial charge in [0.25, 0.3) is 0 Å². The van der Waals surface area contributed by atoms with Crippen LogP contribution in [0.3, 0.4) is 0 Å². The molecule has 2 unspecified atom stereocenters. The van der Waals surface area contributed by atoms with Crippen molar-refractivity contribution in [2.75, 3.05) is 5.73 Å². The van der Waals surface area contributed by atoms with Crippen LogP contribution in [0.5, 0.6) is 0 Å². The molecule has 0 bridgehead atoms. The molecule has 2 N–H and O–H groups in total. The fourth-order valence-electron chi connectivity index (χ4n) is 2.75. The highest BCUT2D eigenvalue weighted by Crippen LogP contribution is 2.37. The number of hydrogen-bond donors (Lipinski definition) is 1. The van der Waals surface area contributed by atoms with Gasteiger partial charge >= 0.3 is 0 Å². The molecule has 0 fully saturated rings. The Bertz CT molecular complexity index is 396. The lowest BCUT2D eigenvalue weighted by molar-refractivity contribution is 0.488. The van der Waals surface area contributed by atoms with E-state index < -0.39 is 0 Å². The summed E-state index contributed by atoms with van der Waals surface area (Å²) < 4.78 is 0. The van der Waals surface area contributed by atoms with Gasteiger partial charge in [0.1, 0.15) is 0 Å². The van der Waals surface area contributed by atoms with Crippen LogP contribution in [-0.4, -0.2) is 12.3 Å². The van der Waals surface area contributed by atoms with Crippen molar-refractivity contribution in [2.45, 2.75) is 45.1 Å². The van der Waals surface area contributed by atoms with Gasteiger partial charge in [-0.3, -0.25) is 4.99 Å². The Morgan fingerprint density at radius 1 is 1.50 bits per heavy atom. The van der Waals surface area contributed by atoms with Gasteiger partial charge in [0.05, 0.1) is 6.04 Å². The smallest absolute Gasteiger partial charge is 0.0536 e. The minimum absolute atomic E-state index is 0.367. The van der Waals surface area contributed by atoms with Crippen LogP contribution in [0.4, 0.5) is 5.69 Å². The second-order valence-electron chi connectivity index (χ2n) is 4.56. The number of nitrogens with zero attached hydrogens (tertiary/aromatic N) is 1. The summed E-state index contributed by atoms with van der Waals surface area (Å²) in [6.45, 7) is 4.18. The fourth-order valence-corrected chi connectivity index (χ4v) is 2.75. The molecule has 2 rings (SSSR count). The SMILES string of the molecule is CC=NC(C)C1CCCc2c(N)cccc21. The van der Waals surface area contributed by atoms with E-state index in [0.29, 0.717) is 12.0 Å². The minimum atomic E-state index is 0.367. The zero-order valence-corrected chi connectivity index (χ0v) is 10.1. The average molecular weight is 216 g/mol. The zero-order valence-electron chi connectivity index (χ0n) is 10.1. The molecule has 86 valence electrons. The number of aliphatic imine (C=N–C) groups is 1. The Kier molecular flexibility index (Phi) is 3.28. The summed E-state index contributed by atoms with van der Waals surface area (Å²) in [5.74, 6) is 0.545. The maximum atomic E-state index is 6.04. The highest BCUT2D eigenvalue weighted by molar-refractivity contribution is 5.55. The van der Waals surface area contributed by atoms with E-state index >= 15 is 0 Å². The lowest BCUT2D eigenvalue weighted by Crippen LogP contribution is -2.20. The lowest BCUT2D eigenvalue weighted by atomic mass is 9.79. The average Bonchev–Trinajstić information content (AvgIpc) is 2.29. The quantitative estimate of drug-likeness (QED) is 0.598. The van der Waals surface area contributed by atoms with Crippen LogP contribution in [0.1, 0.15) is 43.7 Å². The third-order valence-electron chi connectivity index (χ3n) is 3.56. The van der Waals surface area contributed by atoms with E-state index in [1.165, 1.54) is 24.0 Å². The predicted molar refractivity (Wildman–Crippen MR) is 70.2 cm³/mol. The molecule has 0 amide bonds. The van der Waals surface area contributed by atoms with Crippen molar-refractivity contribution in [1.29, 1.82) is 0 Å². The molecule has 0 aromatic heterocycles. The Morgan fingerprint density at radius 2 is 2.31 bits per heavy atom. The molecular weight excluding hydrogens is 196 g/mol. The number of anilines is 1. The van der Waals surface area contributed by atoms with Crippen molar-refractivity contribution >= 4 is 11.9 Å². The molecular formula is C14H20N2. The highest BCUT2D eigenvalue weighted by Gasteiger charge is 2.25. The molecule has 0 saturated heterocycles. The minimum Gasteiger partial charge on any atom is -0.398 e. The first kappa shape index (κ1) is 11.2. The first-order chi connectivity index (χ1) is 7.74. The second-order valence-corrected chi connectivity index (χ2v) is 4.56. The number of nitrogen functional groups attached to an aromatic ring is 1. The standard InChI is InChI=1S/C14H20N2/c1-3-16-10(2)11-6-4-8-13-12(11)7-5-9-14(13)15/h3,5,7,9-11H,4,6,8,15H2,1-2H3. The van der Waals surface area contributed by atoms with Gasteiger partial charge in [-0.25, -0.2) is 0 Å². The summed E-state index contributed by atoms with van der Waals surface area (Å²) in [6, 6.07) is 6.66. The summed E-state index contributed by atoms with van der Waals surface area (Å²) in [6.07, 6.45) is 5.50. The third kappa shape index (κ3) is 1.97. The van der Waals surface area contributed by atoms with Gasteiger partial charge in [0.2, 0.25) is 0 Å². The van der Waals surface area contributed by atoms with Crippen molar-refractivity contribution in [3.8, 4) is 0 Å². The number of fused-ring (bicyclic) bond motifs is 1. The Labute approximate surface area is 97.6 Å². The summed E-state index contributed by atoms with van der Waals surface area (Å²) >= 11 is 0. The van der Waals surface area contributed by atoms with E-state index in [9.17, 15) is 0 Å². The molecule has 0 radical (unpaired) electrons. The summed E-state index contributed by atoms with van der Waals surface area (Å²) in [5, 5.41) is 0. The molecule has 1 aromatic rings. The van der Waals surface area contributed by atoms with Gasteiger partial charge in [-0.2, -0.15) is 0 Å². The zero-order chi connectivity index (χ0) is 11.5. The van der Waals surface area contributed by atoms with Crippen LogP contribution >= 0.6 is 0 Å². The second kappa shape index (κ2) is 4.69. The van der Waals surface area contributed by atoms with Crippen LogP contribution in [0.2, 0.25) is 0 Å². The Morgan fingerprint density at radius 3 is 3.06 bits per heavy atom. The molecule has 0 aliphatic heterocycles. The summed E-state index contributed by atoms with van der Waals surface area (Å²) in [7, 11) is 0. The van der Waals surface area contributed by atoms with Crippen molar-refractivity contribution in [1.82, 2.24) is 0 Å². The van der Waals surface area contributed by atoms with Gasteiger partial charge in [-0.1, -0.05) is 12.1 Å². The predicted octanol–water partition coefficient (Wildman–Crippen LogP) is 3.17. The van der Waals surface area contributed by atoms with Crippen LogP contribution in [0.25, 0.3) is 0 Å².